The summed E-state index contributed by atoms with van der Waals surface area (Å²) in [5.74, 6) is 1.02. The Bertz CT molecular complexity index is 472. The van der Waals surface area contributed by atoms with Crippen LogP contribution in [0.3, 0.4) is 0 Å². The van der Waals surface area contributed by atoms with Crippen LogP contribution in [0.25, 0.3) is 0 Å². The second-order valence-electron chi connectivity index (χ2n) is 5.80. The highest BCUT2D eigenvalue weighted by Crippen LogP contribution is 2.37. The summed E-state index contributed by atoms with van der Waals surface area (Å²) in [6.07, 6.45) is 4.11. The number of fused-ring (bicyclic) bond motifs is 2. The topological polar surface area (TPSA) is 66.6 Å². The van der Waals surface area contributed by atoms with Gasteiger partial charge < -0.3 is 15.7 Å². The molecular weight excluding hydrogens is 240 g/mol. The van der Waals surface area contributed by atoms with Crippen molar-refractivity contribution >= 4 is 5.91 Å². The minimum Gasteiger partial charge on any atom is -0.508 e. The van der Waals surface area contributed by atoms with Crippen molar-refractivity contribution in [2.45, 2.75) is 37.8 Å². The summed E-state index contributed by atoms with van der Waals surface area (Å²) in [6.45, 7) is 0.896. The molecule has 3 atom stereocenters. The zero-order valence-electron chi connectivity index (χ0n) is 11.0. The van der Waals surface area contributed by atoms with Crippen LogP contribution >= 0.6 is 0 Å². The Morgan fingerprint density at radius 1 is 1.37 bits per heavy atom. The monoisotopic (exact) mass is 260 g/mol. The van der Waals surface area contributed by atoms with E-state index in [2.05, 4.69) is 0 Å². The molecule has 3 unspecified atom stereocenters. The van der Waals surface area contributed by atoms with E-state index in [0.717, 1.165) is 24.9 Å². The van der Waals surface area contributed by atoms with Crippen molar-refractivity contribution in [1.82, 2.24) is 4.90 Å². The Morgan fingerprint density at radius 2 is 2.11 bits per heavy atom. The van der Waals surface area contributed by atoms with Gasteiger partial charge in [0.15, 0.2) is 0 Å². The predicted octanol–water partition coefficient (Wildman–Crippen LogP) is 1.27. The highest BCUT2D eigenvalue weighted by molar-refractivity contribution is 5.82. The third kappa shape index (κ3) is 2.45. The van der Waals surface area contributed by atoms with Crippen molar-refractivity contribution in [2.24, 2.45) is 11.7 Å². The van der Waals surface area contributed by atoms with Crippen molar-refractivity contribution in [3.8, 4) is 5.75 Å². The van der Waals surface area contributed by atoms with Crippen LogP contribution in [0.2, 0.25) is 0 Å². The molecule has 0 radical (unpaired) electrons. The van der Waals surface area contributed by atoms with Crippen LogP contribution in [-0.4, -0.2) is 34.5 Å². The number of aromatic hydroxyl groups is 1. The molecule has 4 heteroatoms. The van der Waals surface area contributed by atoms with Crippen LogP contribution in [0.4, 0.5) is 0 Å². The summed E-state index contributed by atoms with van der Waals surface area (Å²) >= 11 is 0. The third-order valence-corrected chi connectivity index (χ3v) is 4.40. The number of piperidine rings is 1. The van der Waals surface area contributed by atoms with Gasteiger partial charge in [-0.1, -0.05) is 12.1 Å². The number of carbonyl (C=O) groups excluding carboxylic acids is 1. The van der Waals surface area contributed by atoms with Crippen LogP contribution in [0.15, 0.2) is 24.3 Å². The second-order valence-corrected chi connectivity index (χ2v) is 5.80. The number of phenols is 1. The van der Waals surface area contributed by atoms with Gasteiger partial charge in [0.05, 0.1) is 6.04 Å². The summed E-state index contributed by atoms with van der Waals surface area (Å²) in [6, 6.07) is 6.86. The van der Waals surface area contributed by atoms with E-state index in [1.54, 1.807) is 12.1 Å². The van der Waals surface area contributed by atoms with Crippen molar-refractivity contribution in [1.29, 1.82) is 0 Å². The first-order chi connectivity index (χ1) is 9.13. The second kappa shape index (κ2) is 4.85. The first kappa shape index (κ1) is 12.5. The maximum Gasteiger partial charge on any atom is 0.240 e. The number of rotatable bonds is 3. The fraction of sp³-hybridized carbons (Fsp3) is 0.533. The molecule has 3 N–H and O–H groups in total. The van der Waals surface area contributed by atoms with Gasteiger partial charge >= 0.3 is 0 Å². The normalized spacial score (nSPS) is 26.7. The lowest BCUT2D eigenvalue weighted by Crippen LogP contribution is -2.48. The average Bonchev–Trinajstić information content (AvgIpc) is 3.03. The van der Waals surface area contributed by atoms with Gasteiger partial charge in [-0.05, 0) is 49.3 Å². The molecule has 102 valence electrons. The summed E-state index contributed by atoms with van der Waals surface area (Å²) < 4.78 is 0. The van der Waals surface area contributed by atoms with E-state index >= 15 is 0 Å². The SMILES string of the molecule is NC(Cc1ccc(O)cc1)C(=O)N1CC2CCC1C2. The molecule has 0 spiro atoms. The zero-order chi connectivity index (χ0) is 13.4. The van der Waals surface area contributed by atoms with Crippen molar-refractivity contribution in [2.75, 3.05) is 6.54 Å². The number of likely N-dealkylation sites (tertiary alicyclic amines) is 1. The van der Waals surface area contributed by atoms with E-state index < -0.39 is 6.04 Å². The van der Waals surface area contributed by atoms with Crippen LogP contribution < -0.4 is 5.73 Å². The van der Waals surface area contributed by atoms with Gasteiger partial charge in [0.1, 0.15) is 5.75 Å². The number of hydrogen-bond acceptors (Lipinski definition) is 3. The number of amides is 1. The van der Waals surface area contributed by atoms with E-state index in [-0.39, 0.29) is 11.7 Å². The number of benzene rings is 1. The number of carbonyl (C=O) groups is 1. The third-order valence-electron chi connectivity index (χ3n) is 4.40. The smallest absolute Gasteiger partial charge is 0.240 e. The molecule has 2 bridgehead atoms. The largest absolute Gasteiger partial charge is 0.508 e. The molecule has 19 heavy (non-hydrogen) atoms. The van der Waals surface area contributed by atoms with Gasteiger partial charge in [-0.15, -0.1) is 0 Å². The van der Waals surface area contributed by atoms with Crippen molar-refractivity contribution < 1.29 is 9.90 Å². The summed E-state index contributed by atoms with van der Waals surface area (Å²) in [4.78, 5) is 14.3. The number of nitrogens with two attached hydrogens (primary N) is 1. The molecule has 3 rings (SSSR count). The molecule has 1 amide bonds. The summed E-state index contributed by atoms with van der Waals surface area (Å²) in [5.41, 5.74) is 7.03. The molecule has 4 nitrogen and oxygen atoms in total. The van der Waals surface area contributed by atoms with Gasteiger partial charge in [0.2, 0.25) is 5.91 Å². The molecule has 1 aromatic carbocycles. The lowest BCUT2D eigenvalue weighted by molar-refractivity contribution is -0.134. The van der Waals surface area contributed by atoms with Gasteiger partial charge in [-0.25, -0.2) is 0 Å². The zero-order valence-corrected chi connectivity index (χ0v) is 11.0. The maximum absolute atomic E-state index is 12.4. The Morgan fingerprint density at radius 3 is 2.68 bits per heavy atom. The molecule has 1 saturated heterocycles. The van der Waals surface area contributed by atoms with Crippen LogP contribution in [-0.2, 0) is 11.2 Å². The van der Waals surface area contributed by atoms with E-state index in [4.69, 9.17) is 5.73 Å². The van der Waals surface area contributed by atoms with E-state index in [0.29, 0.717) is 18.4 Å². The van der Waals surface area contributed by atoms with Gasteiger partial charge in [0, 0.05) is 12.6 Å². The predicted molar refractivity (Wildman–Crippen MR) is 72.6 cm³/mol. The van der Waals surface area contributed by atoms with Crippen molar-refractivity contribution in [3.05, 3.63) is 29.8 Å². The van der Waals surface area contributed by atoms with Gasteiger partial charge in [-0.3, -0.25) is 4.79 Å². The molecule has 1 aliphatic heterocycles. The Hall–Kier alpha value is -1.55. The van der Waals surface area contributed by atoms with Crippen molar-refractivity contribution in [3.63, 3.8) is 0 Å². The molecule has 2 aliphatic rings. The number of hydrogen-bond donors (Lipinski definition) is 2. The lowest BCUT2D eigenvalue weighted by atomic mass is 10.0. The fourth-order valence-electron chi connectivity index (χ4n) is 3.38. The first-order valence-corrected chi connectivity index (χ1v) is 6.97. The van der Waals surface area contributed by atoms with Crippen LogP contribution in [0.5, 0.6) is 5.75 Å². The molecule has 1 aliphatic carbocycles. The van der Waals surface area contributed by atoms with E-state index in [1.165, 1.54) is 6.42 Å². The standard InChI is InChI=1S/C15H20N2O2/c16-14(8-10-2-5-13(18)6-3-10)15(19)17-9-11-1-4-12(17)7-11/h2-3,5-6,11-12,14,18H,1,4,7-9,16H2. The quantitative estimate of drug-likeness (QED) is 0.860. The highest BCUT2D eigenvalue weighted by atomic mass is 16.3. The van der Waals surface area contributed by atoms with Gasteiger partial charge in [-0.2, -0.15) is 0 Å². The van der Waals surface area contributed by atoms with E-state index in [1.807, 2.05) is 17.0 Å². The van der Waals surface area contributed by atoms with Gasteiger partial charge in [0.25, 0.3) is 0 Å². The molecule has 2 fully saturated rings. The molecular formula is C15H20N2O2. The minimum absolute atomic E-state index is 0.0836. The summed E-state index contributed by atoms with van der Waals surface area (Å²) in [5, 5.41) is 9.24. The minimum atomic E-state index is -0.469. The molecule has 0 aromatic heterocycles. The fourth-order valence-corrected chi connectivity index (χ4v) is 3.38. The van der Waals surface area contributed by atoms with Crippen LogP contribution in [0, 0.1) is 5.92 Å². The molecule has 1 aromatic rings. The average molecular weight is 260 g/mol. The molecule has 1 heterocycles. The van der Waals surface area contributed by atoms with Crippen LogP contribution in [0.1, 0.15) is 24.8 Å². The highest BCUT2D eigenvalue weighted by Gasteiger charge is 2.41. The Labute approximate surface area is 113 Å². The summed E-state index contributed by atoms with van der Waals surface area (Å²) in [7, 11) is 0. The Kier molecular flexibility index (Phi) is 3.19. The number of phenolic OH excluding ortho intramolecular Hbond substituents is 1. The Balaban J connectivity index is 1.62. The molecule has 1 saturated carbocycles. The maximum atomic E-state index is 12.4. The lowest BCUT2D eigenvalue weighted by Gasteiger charge is -2.29. The number of nitrogens with zero attached hydrogens (tertiary/aromatic N) is 1. The van der Waals surface area contributed by atoms with E-state index in [9.17, 15) is 9.90 Å². The first-order valence-electron chi connectivity index (χ1n) is 6.97.